The van der Waals surface area contributed by atoms with Crippen LogP contribution in [-0.4, -0.2) is 27.5 Å². The average molecular weight is 348 g/mol. The van der Waals surface area contributed by atoms with E-state index in [1.807, 2.05) is 6.07 Å². The number of ether oxygens (including phenoxy) is 1. The molecule has 1 aromatic carbocycles. The SMILES string of the molecule is CCCCC[C@H](O)[C@@H](O)C[C@@H]1OCc2c(O)ccc(CC=C(C)C)c21. The topological polar surface area (TPSA) is 69.9 Å². The number of hydrogen-bond acceptors (Lipinski definition) is 4. The number of phenols is 1. The normalized spacial score (nSPS) is 18.7. The second kappa shape index (κ2) is 9.37. The van der Waals surface area contributed by atoms with Crippen LogP contribution in [0.1, 0.15) is 75.7 Å². The molecule has 0 bridgehead atoms. The molecule has 0 aromatic heterocycles. The summed E-state index contributed by atoms with van der Waals surface area (Å²) >= 11 is 0. The number of phenolic OH excluding ortho intramolecular Hbond substituents is 1. The number of fused-ring (bicyclic) bond motifs is 1. The molecule has 1 aliphatic heterocycles. The van der Waals surface area contributed by atoms with Crippen molar-refractivity contribution in [3.63, 3.8) is 0 Å². The molecule has 0 spiro atoms. The lowest BCUT2D eigenvalue weighted by molar-refractivity contribution is -0.0340. The number of benzene rings is 1. The van der Waals surface area contributed by atoms with Crippen LogP contribution in [0.15, 0.2) is 23.8 Å². The third kappa shape index (κ3) is 5.30. The van der Waals surface area contributed by atoms with E-state index in [2.05, 4.69) is 26.8 Å². The largest absolute Gasteiger partial charge is 0.508 e. The Morgan fingerprint density at radius 1 is 1.24 bits per heavy atom. The first-order valence-corrected chi connectivity index (χ1v) is 9.38. The van der Waals surface area contributed by atoms with E-state index >= 15 is 0 Å². The van der Waals surface area contributed by atoms with E-state index in [-0.39, 0.29) is 11.9 Å². The van der Waals surface area contributed by atoms with Crippen molar-refractivity contribution in [3.05, 3.63) is 40.5 Å². The first-order chi connectivity index (χ1) is 11.9. The van der Waals surface area contributed by atoms with Gasteiger partial charge in [-0.15, -0.1) is 0 Å². The number of aromatic hydroxyl groups is 1. The highest BCUT2D eigenvalue weighted by molar-refractivity contribution is 5.48. The van der Waals surface area contributed by atoms with Gasteiger partial charge in [-0.2, -0.15) is 0 Å². The summed E-state index contributed by atoms with van der Waals surface area (Å²) in [7, 11) is 0. The van der Waals surface area contributed by atoms with Gasteiger partial charge in [0.1, 0.15) is 5.75 Å². The van der Waals surface area contributed by atoms with Crippen LogP contribution >= 0.6 is 0 Å². The second-order valence-electron chi connectivity index (χ2n) is 7.29. The summed E-state index contributed by atoms with van der Waals surface area (Å²) in [5.74, 6) is 0.247. The van der Waals surface area contributed by atoms with Gasteiger partial charge in [-0.1, -0.05) is 43.9 Å². The van der Waals surface area contributed by atoms with E-state index in [1.165, 1.54) is 5.57 Å². The smallest absolute Gasteiger partial charge is 0.121 e. The number of rotatable bonds is 9. The fraction of sp³-hybridized carbons (Fsp3) is 0.619. The van der Waals surface area contributed by atoms with Gasteiger partial charge in [0.2, 0.25) is 0 Å². The summed E-state index contributed by atoms with van der Waals surface area (Å²) in [6.45, 7) is 6.59. The van der Waals surface area contributed by atoms with Crippen molar-refractivity contribution < 1.29 is 20.1 Å². The van der Waals surface area contributed by atoms with E-state index < -0.39 is 12.2 Å². The van der Waals surface area contributed by atoms with Crippen molar-refractivity contribution in [3.8, 4) is 5.75 Å². The van der Waals surface area contributed by atoms with Crippen LogP contribution in [0.2, 0.25) is 0 Å². The third-order valence-electron chi connectivity index (χ3n) is 4.91. The van der Waals surface area contributed by atoms with E-state index in [0.717, 1.165) is 42.4 Å². The van der Waals surface area contributed by atoms with Gasteiger partial charge in [-0.25, -0.2) is 0 Å². The third-order valence-corrected chi connectivity index (χ3v) is 4.91. The highest BCUT2D eigenvalue weighted by atomic mass is 16.5. The molecular weight excluding hydrogens is 316 g/mol. The average Bonchev–Trinajstić information content (AvgIpc) is 2.99. The quantitative estimate of drug-likeness (QED) is 0.463. The molecule has 1 aliphatic rings. The summed E-state index contributed by atoms with van der Waals surface area (Å²) in [5, 5.41) is 30.7. The maximum absolute atomic E-state index is 10.4. The number of aliphatic hydroxyl groups is 2. The molecule has 3 atom stereocenters. The summed E-state index contributed by atoms with van der Waals surface area (Å²) in [5.41, 5.74) is 4.16. The molecule has 0 fully saturated rings. The number of allylic oxidation sites excluding steroid dienone is 2. The van der Waals surface area contributed by atoms with Crippen molar-refractivity contribution in [1.82, 2.24) is 0 Å². The summed E-state index contributed by atoms with van der Waals surface area (Å²) in [4.78, 5) is 0. The van der Waals surface area contributed by atoms with Gasteiger partial charge in [-0.3, -0.25) is 0 Å². The fourth-order valence-corrected chi connectivity index (χ4v) is 3.37. The summed E-state index contributed by atoms with van der Waals surface area (Å²) < 4.78 is 5.85. The van der Waals surface area contributed by atoms with Crippen LogP contribution in [-0.2, 0) is 17.8 Å². The fourth-order valence-electron chi connectivity index (χ4n) is 3.37. The molecule has 0 unspecified atom stereocenters. The molecule has 0 aliphatic carbocycles. The molecule has 25 heavy (non-hydrogen) atoms. The predicted octanol–water partition coefficient (Wildman–Crippen LogP) is 4.16. The Morgan fingerprint density at radius 3 is 2.68 bits per heavy atom. The minimum Gasteiger partial charge on any atom is -0.508 e. The molecule has 0 radical (unpaired) electrons. The van der Waals surface area contributed by atoms with Gasteiger partial charge in [-0.05, 0) is 43.9 Å². The minimum atomic E-state index is -0.813. The van der Waals surface area contributed by atoms with Crippen LogP contribution in [0.4, 0.5) is 0 Å². The molecule has 4 heteroatoms. The lowest BCUT2D eigenvalue weighted by atomic mass is 9.91. The first kappa shape index (κ1) is 20.0. The Balaban J connectivity index is 2.11. The molecule has 0 amide bonds. The van der Waals surface area contributed by atoms with Gasteiger partial charge < -0.3 is 20.1 Å². The molecule has 1 aromatic rings. The van der Waals surface area contributed by atoms with Crippen LogP contribution in [0.5, 0.6) is 5.75 Å². The summed E-state index contributed by atoms with van der Waals surface area (Å²) in [6, 6.07) is 3.65. The molecule has 3 N–H and O–H groups in total. The van der Waals surface area contributed by atoms with Gasteiger partial charge in [0.25, 0.3) is 0 Å². The maximum Gasteiger partial charge on any atom is 0.121 e. The molecule has 0 saturated carbocycles. The lowest BCUT2D eigenvalue weighted by Gasteiger charge is -2.22. The van der Waals surface area contributed by atoms with E-state index in [4.69, 9.17) is 4.74 Å². The van der Waals surface area contributed by atoms with Crippen LogP contribution in [0.3, 0.4) is 0 Å². The van der Waals surface area contributed by atoms with E-state index in [0.29, 0.717) is 19.4 Å². The van der Waals surface area contributed by atoms with Crippen molar-refractivity contribution in [2.24, 2.45) is 0 Å². The van der Waals surface area contributed by atoms with Gasteiger partial charge >= 0.3 is 0 Å². The Labute approximate surface area is 151 Å². The zero-order valence-corrected chi connectivity index (χ0v) is 15.7. The number of unbranched alkanes of at least 4 members (excludes halogenated alkanes) is 2. The van der Waals surface area contributed by atoms with Crippen molar-refractivity contribution in [2.75, 3.05) is 0 Å². The van der Waals surface area contributed by atoms with Gasteiger partial charge in [0.05, 0.1) is 24.9 Å². The predicted molar refractivity (Wildman–Crippen MR) is 99.5 cm³/mol. The maximum atomic E-state index is 10.4. The monoisotopic (exact) mass is 348 g/mol. The summed E-state index contributed by atoms with van der Waals surface area (Å²) in [6.07, 6.45) is 5.15. The number of hydrogen-bond donors (Lipinski definition) is 3. The minimum absolute atomic E-state index is 0.247. The van der Waals surface area contributed by atoms with Gasteiger partial charge in [0, 0.05) is 12.0 Å². The molecule has 140 valence electrons. The highest BCUT2D eigenvalue weighted by Crippen LogP contribution is 2.41. The van der Waals surface area contributed by atoms with Crippen LogP contribution in [0, 0.1) is 0 Å². The Hall–Kier alpha value is -1.36. The number of aliphatic hydroxyl groups excluding tert-OH is 2. The molecule has 0 saturated heterocycles. The highest BCUT2D eigenvalue weighted by Gasteiger charge is 2.31. The zero-order valence-electron chi connectivity index (χ0n) is 15.7. The molecule has 2 rings (SSSR count). The standard InChI is InChI=1S/C21H32O4/c1-4-5-6-7-18(23)19(24)12-20-21-15(9-8-14(2)3)10-11-17(22)16(21)13-25-20/h8,10-11,18-20,22-24H,4-7,9,12-13H2,1-3H3/t18-,19-,20-/m0/s1. The van der Waals surface area contributed by atoms with Gasteiger partial charge in [0.15, 0.2) is 0 Å². The Morgan fingerprint density at radius 2 is 2.00 bits per heavy atom. The lowest BCUT2D eigenvalue weighted by Crippen LogP contribution is -2.28. The van der Waals surface area contributed by atoms with Crippen molar-refractivity contribution >= 4 is 0 Å². The zero-order chi connectivity index (χ0) is 18.4. The van der Waals surface area contributed by atoms with Crippen LogP contribution < -0.4 is 0 Å². The Bertz CT molecular complexity index is 590. The second-order valence-corrected chi connectivity index (χ2v) is 7.29. The van der Waals surface area contributed by atoms with E-state index in [1.54, 1.807) is 6.07 Å². The van der Waals surface area contributed by atoms with Crippen molar-refractivity contribution in [2.45, 2.75) is 84.2 Å². The molecule has 4 nitrogen and oxygen atoms in total. The van der Waals surface area contributed by atoms with Crippen LogP contribution in [0.25, 0.3) is 0 Å². The molecule has 1 heterocycles. The van der Waals surface area contributed by atoms with Crippen molar-refractivity contribution in [1.29, 1.82) is 0 Å². The Kier molecular flexibility index (Phi) is 7.48. The molecular formula is C21H32O4. The first-order valence-electron chi connectivity index (χ1n) is 9.38. The van der Waals surface area contributed by atoms with E-state index in [9.17, 15) is 15.3 Å².